The molecule has 2 aliphatic rings. The highest BCUT2D eigenvalue weighted by Gasteiger charge is 2.36. The molecule has 9 heteroatoms. The average Bonchev–Trinajstić information content (AvgIpc) is 3.10. The molecule has 0 radical (unpaired) electrons. The van der Waals surface area contributed by atoms with E-state index in [0.29, 0.717) is 31.0 Å². The summed E-state index contributed by atoms with van der Waals surface area (Å²) in [6.45, 7) is 1.81. The van der Waals surface area contributed by atoms with Crippen LogP contribution in [0.2, 0.25) is 0 Å². The molecule has 0 saturated carbocycles. The first-order valence-corrected chi connectivity index (χ1v) is 9.25. The molecule has 0 spiro atoms. The van der Waals surface area contributed by atoms with E-state index in [2.05, 4.69) is 15.0 Å². The number of aryl methyl sites for hydroxylation is 1. The maximum atomic E-state index is 14.4. The largest absolute Gasteiger partial charge is 0.381 e. The van der Waals surface area contributed by atoms with Gasteiger partial charge in [0.25, 0.3) is 5.56 Å². The number of nitrogens with two attached hydrogens (primary N) is 1. The lowest BCUT2D eigenvalue weighted by Crippen LogP contribution is -2.48. The number of hydrogen-bond acceptors (Lipinski definition) is 6. The number of nitrogen functional groups attached to an aromatic ring is 1. The number of aromatic nitrogens is 5. The summed E-state index contributed by atoms with van der Waals surface area (Å²) in [6.07, 6.45) is 5.77. The molecule has 2 aliphatic heterocycles. The highest BCUT2D eigenvalue weighted by Crippen LogP contribution is 2.37. The standard InChI is InChI=1S/C19H20FN7O/c1-25-5-4-22-17(25)13-2-3-14-12-6-11(8-27(14)19(13)28)7-26(9-12)18-15(20)16(21)23-10-24-18/h2-5,10-12H,6-9H2,1H3,(H2,21,23,24)/t11-,12+/m0/s1. The molecule has 8 nitrogen and oxygen atoms in total. The molecular formula is C19H20FN7O. The fourth-order valence-corrected chi connectivity index (χ4v) is 4.51. The number of piperidine rings is 1. The van der Waals surface area contributed by atoms with Crippen molar-refractivity contribution in [3.8, 4) is 11.4 Å². The minimum Gasteiger partial charge on any atom is -0.381 e. The van der Waals surface area contributed by atoms with Gasteiger partial charge in [0.15, 0.2) is 11.6 Å². The number of hydrogen-bond donors (Lipinski definition) is 1. The zero-order valence-electron chi connectivity index (χ0n) is 15.4. The van der Waals surface area contributed by atoms with Gasteiger partial charge in [0, 0.05) is 50.7 Å². The normalized spacial score (nSPS) is 20.9. The summed E-state index contributed by atoms with van der Waals surface area (Å²) in [4.78, 5) is 27.2. The summed E-state index contributed by atoms with van der Waals surface area (Å²) < 4.78 is 18.1. The third kappa shape index (κ3) is 2.49. The number of pyridine rings is 1. The van der Waals surface area contributed by atoms with Crippen molar-refractivity contribution in [1.82, 2.24) is 24.1 Å². The highest BCUT2D eigenvalue weighted by molar-refractivity contribution is 5.55. The number of anilines is 2. The predicted molar refractivity (Wildman–Crippen MR) is 102 cm³/mol. The summed E-state index contributed by atoms with van der Waals surface area (Å²) in [5, 5.41) is 0. The van der Waals surface area contributed by atoms with E-state index in [1.165, 1.54) is 6.33 Å². The summed E-state index contributed by atoms with van der Waals surface area (Å²) in [5.74, 6) is 0.545. The summed E-state index contributed by atoms with van der Waals surface area (Å²) in [5.41, 5.74) is 7.17. The van der Waals surface area contributed by atoms with Gasteiger partial charge in [-0.15, -0.1) is 0 Å². The van der Waals surface area contributed by atoms with Crippen LogP contribution in [-0.2, 0) is 13.6 Å². The quantitative estimate of drug-likeness (QED) is 0.721. The molecule has 5 rings (SSSR count). The van der Waals surface area contributed by atoms with Gasteiger partial charge in [-0.05, 0) is 24.5 Å². The SMILES string of the molecule is Cn1ccnc1-c1ccc2n(c1=O)C[C@H]1C[C@@H]2CN(c2ncnc(N)c2F)C1. The zero-order valence-corrected chi connectivity index (χ0v) is 15.4. The molecule has 5 heterocycles. The Morgan fingerprint density at radius 2 is 2.04 bits per heavy atom. The van der Waals surface area contributed by atoms with Gasteiger partial charge in [0.2, 0.25) is 5.82 Å². The van der Waals surface area contributed by atoms with Gasteiger partial charge in [-0.25, -0.2) is 15.0 Å². The van der Waals surface area contributed by atoms with Gasteiger partial charge in [-0.2, -0.15) is 4.39 Å². The Morgan fingerprint density at radius 3 is 2.82 bits per heavy atom. The lowest BCUT2D eigenvalue weighted by molar-refractivity contribution is 0.279. The second-order valence-electron chi connectivity index (χ2n) is 7.55. The summed E-state index contributed by atoms with van der Waals surface area (Å²) in [6, 6.07) is 3.85. The molecule has 3 aromatic rings. The molecule has 28 heavy (non-hydrogen) atoms. The second kappa shape index (κ2) is 6.15. The first kappa shape index (κ1) is 16.9. The molecule has 0 unspecified atom stereocenters. The molecular weight excluding hydrogens is 361 g/mol. The monoisotopic (exact) mass is 381 g/mol. The molecule has 3 aromatic heterocycles. The van der Waals surface area contributed by atoms with Crippen LogP contribution in [0.25, 0.3) is 11.4 Å². The van der Waals surface area contributed by atoms with Crippen LogP contribution in [0.3, 0.4) is 0 Å². The maximum Gasteiger partial charge on any atom is 0.261 e. The van der Waals surface area contributed by atoms with E-state index in [-0.39, 0.29) is 29.0 Å². The first-order chi connectivity index (χ1) is 13.5. The van der Waals surface area contributed by atoms with Crippen molar-refractivity contribution in [2.45, 2.75) is 18.9 Å². The molecule has 144 valence electrons. The lowest BCUT2D eigenvalue weighted by Gasteiger charge is -2.43. The van der Waals surface area contributed by atoms with Crippen molar-refractivity contribution >= 4 is 11.6 Å². The first-order valence-electron chi connectivity index (χ1n) is 9.25. The Morgan fingerprint density at radius 1 is 1.18 bits per heavy atom. The highest BCUT2D eigenvalue weighted by atomic mass is 19.1. The van der Waals surface area contributed by atoms with Crippen LogP contribution in [0.5, 0.6) is 0 Å². The number of rotatable bonds is 2. The van der Waals surface area contributed by atoms with Crippen LogP contribution >= 0.6 is 0 Å². The van der Waals surface area contributed by atoms with E-state index >= 15 is 0 Å². The third-order valence-corrected chi connectivity index (χ3v) is 5.76. The third-order valence-electron chi connectivity index (χ3n) is 5.76. The van der Waals surface area contributed by atoms with Gasteiger partial charge in [-0.3, -0.25) is 4.79 Å². The zero-order chi connectivity index (χ0) is 19.4. The van der Waals surface area contributed by atoms with E-state index in [1.54, 1.807) is 6.20 Å². The molecule has 1 saturated heterocycles. The predicted octanol–water partition coefficient (Wildman–Crippen LogP) is 1.38. The Labute approximate surface area is 160 Å². The molecule has 1 fully saturated rings. The van der Waals surface area contributed by atoms with E-state index in [9.17, 15) is 9.18 Å². The fraction of sp³-hybridized carbons (Fsp3) is 0.368. The number of imidazole rings is 1. The van der Waals surface area contributed by atoms with Crippen molar-refractivity contribution in [3.05, 3.63) is 52.7 Å². The lowest BCUT2D eigenvalue weighted by atomic mass is 9.83. The topological polar surface area (TPSA) is 94.9 Å². The molecule has 2 atom stereocenters. The Balaban J connectivity index is 1.53. The minimum atomic E-state index is -0.579. The van der Waals surface area contributed by atoms with E-state index in [1.807, 2.05) is 39.4 Å². The summed E-state index contributed by atoms with van der Waals surface area (Å²) in [7, 11) is 1.88. The maximum absolute atomic E-state index is 14.4. The van der Waals surface area contributed by atoms with Crippen molar-refractivity contribution < 1.29 is 4.39 Å². The van der Waals surface area contributed by atoms with Gasteiger partial charge < -0.3 is 19.8 Å². The smallest absolute Gasteiger partial charge is 0.261 e. The van der Waals surface area contributed by atoms with Crippen molar-refractivity contribution in [2.75, 3.05) is 23.7 Å². The number of fused-ring (bicyclic) bond motifs is 4. The number of nitrogens with zero attached hydrogens (tertiary/aromatic N) is 6. The molecule has 0 amide bonds. The summed E-state index contributed by atoms with van der Waals surface area (Å²) >= 11 is 0. The average molecular weight is 381 g/mol. The Bertz CT molecular complexity index is 1120. The van der Waals surface area contributed by atoms with Crippen LogP contribution in [-0.4, -0.2) is 37.2 Å². The van der Waals surface area contributed by atoms with Crippen molar-refractivity contribution in [3.63, 3.8) is 0 Å². The van der Waals surface area contributed by atoms with Crippen LogP contribution in [0.4, 0.5) is 16.0 Å². The van der Waals surface area contributed by atoms with Crippen LogP contribution < -0.4 is 16.2 Å². The van der Waals surface area contributed by atoms with Crippen molar-refractivity contribution in [1.29, 1.82) is 0 Å². The molecule has 0 aromatic carbocycles. The van der Waals surface area contributed by atoms with E-state index in [4.69, 9.17) is 5.73 Å². The van der Waals surface area contributed by atoms with Crippen LogP contribution in [0.15, 0.2) is 35.6 Å². The van der Waals surface area contributed by atoms with Gasteiger partial charge in [0.05, 0.1) is 5.56 Å². The van der Waals surface area contributed by atoms with Gasteiger partial charge in [0.1, 0.15) is 12.2 Å². The Hall–Kier alpha value is -3.23. The second-order valence-corrected chi connectivity index (χ2v) is 7.55. The van der Waals surface area contributed by atoms with Gasteiger partial charge in [-0.1, -0.05) is 0 Å². The Kier molecular flexibility index (Phi) is 3.71. The van der Waals surface area contributed by atoms with Crippen LogP contribution in [0, 0.1) is 11.7 Å². The number of halogens is 1. The van der Waals surface area contributed by atoms with Crippen LogP contribution in [0.1, 0.15) is 18.0 Å². The van der Waals surface area contributed by atoms with E-state index in [0.717, 1.165) is 12.1 Å². The minimum absolute atomic E-state index is 0.0209. The molecule has 2 bridgehead atoms. The molecule has 2 N–H and O–H groups in total. The molecule has 0 aliphatic carbocycles. The van der Waals surface area contributed by atoms with E-state index < -0.39 is 5.82 Å². The van der Waals surface area contributed by atoms with Gasteiger partial charge >= 0.3 is 0 Å². The fourth-order valence-electron chi connectivity index (χ4n) is 4.51. The van der Waals surface area contributed by atoms with Crippen molar-refractivity contribution in [2.24, 2.45) is 13.0 Å².